The summed E-state index contributed by atoms with van der Waals surface area (Å²) in [6.45, 7) is 6.32. The van der Waals surface area contributed by atoms with E-state index in [1.165, 1.54) is 23.3 Å². The first-order valence-corrected chi connectivity index (χ1v) is 8.60. The van der Waals surface area contributed by atoms with Crippen molar-refractivity contribution in [3.63, 3.8) is 0 Å². The lowest BCUT2D eigenvalue weighted by molar-refractivity contribution is 0.103. The van der Waals surface area contributed by atoms with Crippen LogP contribution in [0.5, 0.6) is 0 Å². The van der Waals surface area contributed by atoms with Gasteiger partial charge in [0.25, 0.3) is 5.91 Å². The van der Waals surface area contributed by atoms with Gasteiger partial charge < -0.3 is 10.2 Å². The van der Waals surface area contributed by atoms with Crippen LogP contribution in [0.4, 0.5) is 11.5 Å². The number of aromatic nitrogens is 1. The molecule has 2 aromatic rings. The maximum Gasteiger partial charge on any atom is 0.265 e. The van der Waals surface area contributed by atoms with Crippen LogP contribution in [-0.4, -0.2) is 24.0 Å². The number of nitrogens with one attached hydrogen (secondary N) is 1. The van der Waals surface area contributed by atoms with Crippen LogP contribution in [0.25, 0.3) is 0 Å². The normalized spacial score (nSPS) is 14.4. The molecule has 22 heavy (non-hydrogen) atoms. The van der Waals surface area contributed by atoms with Gasteiger partial charge in [0, 0.05) is 18.0 Å². The van der Waals surface area contributed by atoms with Crippen LogP contribution in [0.3, 0.4) is 0 Å². The number of thiophene rings is 1. The molecule has 0 radical (unpaired) electrons. The van der Waals surface area contributed by atoms with Gasteiger partial charge in [-0.2, -0.15) is 0 Å². The lowest BCUT2D eigenvalue weighted by atomic mass is 10.2. The number of nitrogens with zero attached hydrogens (tertiary/aromatic N) is 2. The van der Waals surface area contributed by atoms with E-state index < -0.39 is 0 Å². The van der Waals surface area contributed by atoms with Crippen molar-refractivity contribution in [1.82, 2.24) is 4.98 Å². The number of carbonyl (C=O) groups excluding carboxylic acids is 1. The quantitative estimate of drug-likeness (QED) is 0.931. The summed E-state index contributed by atoms with van der Waals surface area (Å²) < 4.78 is 0. The molecule has 1 aliphatic rings. The molecule has 3 heterocycles. The Labute approximate surface area is 135 Å². The Morgan fingerprint density at radius 3 is 2.73 bits per heavy atom. The summed E-state index contributed by atoms with van der Waals surface area (Å²) in [5.41, 5.74) is 2.00. The fourth-order valence-electron chi connectivity index (χ4n) is 2.77. The van der Waals surface area contributed by atoms with Crippen LogP contribution >= 0.6 is 11.3 Å². The van der Waals surface area contributed by atoms with Crippen molar-refractivity contribution in [1.29, 1.82) is 0 Å². The summed E-state index contributed by atoms with van der Waals surface area (Å²) in [7, 11) is 0. The monoisotopic (exact) mass is 315 g/mol. The molecular formula is C17H21N3OS. The largest absolute Gasteiger partial charge is 0.357 e. The minimum Gasteiger partial charge on any atom is -0.357 e. The summed E-state index contributed by atoms with van der Waals surface area (Å²) >= 11 is 1.55. The fraction of sp³-hybridized carbons (Fsp3) is 0.412. The maximum absolute atomic E-state index is 12.3. The van der Waals surface area contributed by atoms with E-state index in [9.17, 15) is 4.79 Å². The minimum absolute atomic E-state index is 0.0523. The van der Waals surface area contributed by atoms with Gasteiger partial charge in [-0.3, -0.25) is 4.79 Å². The van der Waals surface area contributed by atoms with Crippen molar-refractivity contribution in [3.8, 4) is 0 Å². The molecule has 116 valence electrons. The molecule has 1 N–H and O–H groups in total. The second kappa shape index (κ2) is 6.48. The molecule has 0 unspecified atom stereocenters. The lowest BCUT2D eigenvalue weighted by Crippen LogP contribution is -2.19. The predicted octanol–water partition coefficient (Wildman–Crippen LogP) is 3.87. The van der Waals surface area contributed by atoms with Crippen LogP contribution in [-0.2, 0) is 6.42 Å². The Kier molecular flexibility index (Phi) is 4.43. The third-order valence-electron chi connectivity index (χ3n) is 4.06. The number of amides is 1. The standard InChI is InChI=1S/C17H21N3OS/c1-3-13-10-15(22-12(13)2)17(21)19-14-6-7-16(18-11-14)20-8-4-5-9-20/h6-7,10-11H,3-5,8-9H2,1-2H3,(H,19,21). The molecule has 0 saturated carbocycles. The van der Waals surface area contributed by atoms with Gasteiger partial charge in [-0.15, -0.1) is 11.3 Å². The number of carbonyl (C=O) groups is 1. The summed E-state index contributed by atoms with van der Waals surface area (Å²) in [6.07, 6.45) is 5.17. The molecule has 4 nitrogen and oxygen atoms in total. The highest BCUT2D eigenvalue weighted by molar-refractivity contribution is 7.14. The molecule has 3 rings (SSSR count). The second-order valence-electron chi connectivity index (χ2n) is 5.60. The van der Waals surface area contributed by atoms with E-state index in [1.807, 2.05) is 18.2 Å². The van der Waals surface area contributed by atoms with Crippen LogP contribution in [0, 0.1) is 6.92 Å². The van der Waals surface area contributed by atoms with Crippen LogP contribution in [0.1, 0.15) is 39.9 Å². The first-order chi connectivity index (χ1) is 10.7. The Morgan fingerprint density at radius 1 is 1.36 bits per heavy atom. The summed E-state index contributed by atoms with van der Waals surface area (Å²) in [5.74, 6) is 0.944. The molecular weight excluding hydrogens is 294 g/mol. The van der Waals surface area contributed by atoms with Crippen molar-refractivity contribution < 1.29 is 4.79 Å². The molecule has 1 amide bonds. The van der Waals surface area contributed by atoms with E-state index in [2.05, 4.69) is 29.0 Å². The van der Waals surface area contributed by atoms with Gasteiger partial charge in [-0.05, 0) is 49.9 Å². The lowest BCUT2D eigenvalue weighted by Gasteiger charge is -2.16. The Hall–Kier alpha value is -1.88. The van der Waals surface area contributed by atoms with E-state index in [4.69, 9.17) is 0 Å². The molecule has 0 aliphatic carbocycles. The van der Waals surface area contributed by atoms with Gasteiger partial charge in [0.2, 0.25) is 0 Å². The van der Waals surface area contributed by atoms with E-state index in [0.29, 0.717) is 0 Å². The first-order valence-electron chi connectivity index (χ1n) is 7.79. The van der Waals surface area contributed by atoms with Gasteiger partial charge in [0.1, 0.15) is 5.82 Å². The minimum atomic E-state index is -0.0523. The zero-order chi connectivity index (χ0) is 15.5. The Morgan fingerprint density at radius 2 is 2.14 bits per heavy atom. The van der Waals surface area contributed by atoms with Gasteiger partial charge in [-0.25, -0.2) is 4.98 Å². The van der Waals surface area contributed by atoms with Gasteiger partial charge >= 0.3 is 0 Å². The Bertz CT molecular complexity index is 657. The van der Waals surface area contributed by atoms with Crippen molar-refractivity contribution in [2.45, 2.75) is 33.1 Å². The van der Waals surface area contributed by atoms with Crippen LogP contribution in [0.15, 0.2) is 24.4 Å². The molecule has 1 fully saturated rings. The summed E-state index contributed by atoms with van der Waals surface area (Å²) in [6, 6.07) is 5.90. The van der Waals surface area contributed by atoms with E-state index in [-0.39, 0.29) is 5.91 Å². The van der Waals surface area contributed by atoms with E-state index in [0.717, 1.165) is 35.9 Å². The van der Waals surface area contributed by atoms with Crippen molar-refractivity contribution >= 4 is 28.7 Å². The topological polar surface area (TPSA) is 45.2 Å². The Balaban J connectivity index is 1.68. The average molecular weight is 315 g/mol. The number of hydrogen-bond donors (Lipinski definition) is 1. The molecule has 0 atom stereocenters. The third-order valence-corrected chi connectivity index (χ3v) is 5.15. The number of aryl methyl sites for hydroxylation is 2. The maximum atomic E-state index is 12.3. The van der Waals surface area contributed by atoms with Crippen molar-refractivity contribution in [2.75, 3.05) is 23.3 Å². The third kappa shape index (κ3) is 3.14. The molecule has 1 aliphatic heterocycles. The fourth-order valence-corrected chi connectivity index (χ4v) is 3.78. The SMILES string of the molecule is CCc1cc(C(=O)Nc2ccc(N3CCCC3)nc2)sc1C. The molecule has 0 aromatic carbocycles. The van der Waals surface area contributed by atoms with Crippen LogP contribution in [0.2, 0.25) is 0 Å². The summed E-state index contributed by atoms with van der Waals surface area (Å²) in [4.78, 5) is 21.0. The molecule has 5 heteroatoms. The highest BCUT2D eigenvalue weighted by Gasteiger charge is 2.14. The van der Waals surface area contributed by atoms with E-state index >= 15 is 0 Å². The zero-order valence-corrected chi connectivity index (χ0v) is 13.9. The second-order valence-corrected chi connectivity index (χ2v) is 6.86. The molecule has 0 bridgehead atoms. The smallest absolute Gasteiger partial charge is 0.265 e. The van der Waals surface area contributed by atoms with Crippen LogP contribution < -0.4 is 10.2 Å². The number of pyridine rings is 1. The molecule has 0 spiro atoms. The zero-order valence-electron chi connectivity index (χ0n) is 13.1. The van der Waals surface area contributed by atoms with Gasteiger partial charge in [-0.1, -0.05) is 6.92 Å². The van der Waals surface area contributed by atoms with E-state index in [1.54, 1.807) is 17.5 Å². The predicted molar refractivity (Wildman–Crippen MR) is 92.1 cm³/mol. The van der Waals surface area contributed by atoms with Crippen molar-refractivity contribution in [2.24, 2.45) is 0 Å². The average Bonchev–Trinajstić information content (AvgIpc) is 3.17. The van der Waals surface area contributed by atoms with Crippen molar-refractivity contribution in [3.05, 3.63) is 39.7 Å². The summed E-state index contributed by atoms with van der Waals surface area (Å²) in [5, 5.41) is 2.93. The first kappa shape index (κ1) is 15.0. The van der Waals surface area contributed by atoms with Gasteiger partial charge in [0.05, 0.1) is 16.8 Å². The van der Waals surface area contributed by atoms with Gasteiger partial charge in [0.15, 0.2) is 0 Å². The highest BCUT2D eigenvalue weighted by Crippen LogP contribution is 2.24. The highest BCUT2D eigenvalue weighted by atomic mass is 32.1. The number of anilines is 2. The molecule has 2 aromatic heterocycles. The molecule has 1 saturated heterocycles. The number of rotatable bonds is 4. The number of hydrogen-bond acceptors (Lipinski definition) is 4.